The Bertz CT molecular complexity index is 1020. The van der Waals surface area contributed by atoms with Crippen LogP contribution in [0.2, 0.25) is 0 Å². The van der Waals surface area contributed by atoms with E-state index >= 15 is 0 Å². The summed E-state index contributed by atoms with van der Waals surface area (Å²) in [6.45, 7) is 19.8. The van der Waals surface area contributed by atoms with E-state index in [4.69, 9.17) is 41.6 Å². The maximum atomic E-state index is 11.1. The van der Waals surface area contributed by atoms with Crippen LogP contribution in [-0.2, 0) is 33.2 Å². The summed E-state index contributed by atoms with van der Waals surface area (Å²) < 4.78 is 35.0. The molecule has 6 rings (SSSR count). The molecule has 10 nitrogen and oxygen atoms in total. The largest absolute Gasteiger partial charge is 0.456 e. The molecule has 0 saturated carbocycles. The Hall–Kier alpha value is -2.05. The van der Waals surface area contributed by atoms with Crippen molar-refractivity contribution >= 4 is 5.97 Å². The predicted molar refractivity (Wildman–Crippen MR) is 138 cm³/mol. The fourth-order valence-electron chi connectivity index (χ4n) is 6.98. The molecule has 1 aliphatic carbocycles. The molecule has 4 bridgehead atoms. The second-order valence-corrected chi connectivity index (χ2v) is 12.0. The van der Waals surface area contributed by atoms with Gasteiger partial charge in [0.15, 0.2) is 6.29 Å². The second kappa shape index (κ2) is 11.4. The van der Waals surface area contributed by atoms with E-state index in [0.29, 0.717) is 13.0 Å². The molecule has 10 heteroatoms. The Morgan fingerprint density at radius 3 is 2.31 bits per heavy atom. The minimum Gasteiger partial charge on any atom is -0.456 e. The minimum absolute atomic E-state index is 0.00355. The third-order valence-electron chi connectivity index (χ3n) is 8.87. The summed E-state index contributed by atoms with van der Waals surface area (Å²) in [5, 5.41) is 9.65. The molecule has 39 heavy (non-hydrogen) atoms. The quantitative estimate of drug-likeness (QED) is 0.320. The number of hydrogen-bond acceptors (Lipinski definition) is 8. The van der Waals surface area contributed by atoms with E-state index in [0.717, 1.165) is 44.9 Å². The first-order valence-corrected chi connectivity index (χ1v) is 14.2. The zero-order valence-corrected chi connectivity index (χ0v) is 23.0. The van der Waals surface area contributed by atoms with Gasteiger partial charge in [0.25, 0.3) is 0 Å². The molecule has 5 fully saturated rings. The molecule has 0 amide bonds. The number of hydrogen-bond donors (Lipinski definition) is 1. The summed E-state index contributed by atoms with van der Waals surface area (Å²) in [6, 6.07) is -0.0152. The van der Waals surface area contributed by atoms with Gasteiger partial charge in [-0.05, 0) is 31.8 Å². The first-order chi connectivity index (χ1) is 18.6. The van der Waals surface area contributed by atoms with Gasteiger partial charge in [-0.3, -0.25) is 4.79 Å². The van der Waals surface area contributed by atoms with Crippen LogP contribution in [0.15, 0.2) is 12.2 Å². The highest BCUT2D eigenvalue weighted by Crippen LogP contribution is 2.48. The SMILES string of the molecule is [C-]#[N+][C@H](C)C[C@H]1CC[C@@H]2O[C@@H]3CC2(C=C[C@H]3OC(C)=O)O1.[C-]#[N+][C@H](C)C[C@H]1CC[C@@H]2O[C@@H]3CC2(COC3O)O1. The van der Waals surface area contributed by atoms with E-state index in [-0.39, 0.29) is 72.0 Å². The molecule has 5 aliphatic heterocycles. The van der Waals surface area contributed by atoms with Crippen LogP contribution in [0.1, 0.15) is 72.1 Å². The summed E-state index contributed by atoms with van der Waals surface area (Å²) in [5.41, 5.74) is -0.763. The first-order valence-electron chi connectivity index (χ1n) is 14.2. The summed E-state index contributed by atoms with van der Waals surface area (Å²) in [4.78, 5) is 18.2. The monoisotopic (exact) mass is 544 g/mol. The fourth-order valence-corrected chi connectivity index (χ4v) is 6.98. The Balaban J connectivity index is 0.000000160. The number of rotatable bonds is 5. The van der Waals surface area contributed by atoms with Crippen molar-refractivity contribution < 1.29 is 38.3 Å². The van der Waals surface area contributed by atoms with Crippen molar-refractivity contribution in [1.82, 2.24) is 0 Å². The van der Waals surface area contributed by atoms with Crippen LogP contribution in [0.4, 0.5) is 0 Å². The molecule has 0 radical (unpaired) electrons. The maximum Gasteiger partial charge on any atom is 0.303 e. The van der Waals surface area contributed by atoms with Crippen molar-refractivity contribution in [3.63, 3.8) is 0 Å². The van der Waals surface area contributed by atoms with Crippen LogP contribution in [0.5, 0.6) is 0 Å². The summed E-state index contributed by atoms with van der Waals surface area (Å²) in [7, 11) is 0. The average Bonchev–Trinajstić information content (AvgIpc) is 3.40. The number of aliphatic hydroxyl groups excluding tert-OH is 1. The van der Waals surface area contributed by atoms with Crippen molar-refractivity contribution in [3.8, 4) is 0 Å². The zero-order chi connectivity index (χ0) is 27.8. The third kappa shape index (κ3) is 5.88. The molecule has 3 unspecified atom stereocenters. The molecule has 5 heterocycles. The number of aliphatic hydroxyl groups is 1. The van der Waals surface area contributed by atoms with Crippen LogP contribution in [0.3, 0.4) is 0 Å². The van der Waals surface area contributed by atoms with Gasteiger partial charge in [0.05, 0.1) is 31.0 Å². The van der Waals surface area contributed by atoms with Gasteiger partial charge in [-0.25, -0.2) is 13.1 Å². The van der Waals surface area contributed by atoms with Gasteiger partial charge in [-0.2, -0.15) is 0 Å². The molecule has 1 N–H and O–H groups in total. The van der Waals surface area contributed by atoms with E-state index in [1.807, 2.05) is 26.0 Å². The standard InChI is InChI=1S/C16H21NO4.C13H19NO4/c1-10(17-3)8-12-4-5-15-16(21-12)7-6-13(19-11(2)18)14(9-16)20-15;1-8(14-2)5-9-3-4-11-13(18-9)6-10(17-11)12(15)16-7-13/h6-7,10,12-15H,4-5,8-9H2,1-2H3;8-12,15H,3-7H2,1H3/t10-,12-,13-,14-,15+,16?;8-,9-,10-,11+,12?,13?/m11/s1. The normalized spacial score (nSPS) is 44.9. The average molecular weight is 545 g/mol. The molecule has 2 spiro atoms. The van der Waals surface area contributed by atoms with Gasteiger partial charge in [-0.15, -0.1) is 0 Å². The summed E-state index contributed by atoms with van der Waals surface area (Å²) in [5.74, 6) is -0.288. The number of carbonyl (C=O) groups is 1. The molecular formula is C29H40N2O8. The fraction of sp³-hybridized carbons (Fsp3) is 0.828. The maximum absolute atomic E-state index is 11.1. The Morgan fingerprint density at radius 1 is 1.00 bits per heavy atom. The van der Waals surface area contributed by atoms with Crippen LogP contribution >= 0.6 is 0 Å². The van der Waals surface area contributed by atoms with Crippen LogP contribution in [0, 0.1) is 13.1 Å². The van der Waals surface area contributed by atoms with E-state index in [9.17, 15) is 9.90 Å². The van der Waals surface area contributed by atoms with Gasteiger partial charge in [0.1, 0.15) is 29.5 Å². The van der Waals surface area contributed by atoms with Gasteiger partial charge in [0.2, 0.25) is 12.1 Å². The molecule has 12 atom stereocenters. The lowest BCUT2D eigenvalue weighted by Gasteiger charge is -2.42. The highest BCUT2D eigenvalue weighted by atomic mass is 16.7. The third-order valence-corrected chi connectivity index (χ3v) is 8.87. The number of fused-ring (bicyclic) bond motifs is 2. The van der Waals surface area contributed by atoms with E-state index in [2.05, 4.69) is 9.69 Å². The molecule has 214 valence electrons. The molecular weight excluding hydrogens is 504 g/mol. The minimum atomic E-state index is -0.814. The number of esters is 1. The number of ether oxygens (including phenoxy) is 6. The van der Waals surface area contributed by atoms with Gasteiger partial charge < -0.3 is 43.2 Å². The van der Waals surface area contributed by atoms with Crippen LogP contribution in [0.25, 0.3) is 9.69 Å². The van der Waals surface area contributed by atoms with Crippen LogP contribution in [-0.4, -0.2) is 90.0 Å². The van der Waals surface area contributed by atoms with Crippen LogP contribution < -0.4 is 0 Å². The topological polar surface area (TPSA) is 101 Å². The molecule has 5 saturated heterocycles. The zero-order valence-electron chi connectivity index (χ0n) is 23.0. The number of nitrogens with zero attached hydrogens (tertiary/aromatic N) is 2. The van der Waals surface area contributed by atoms with E-state index in [1.54, 1.807) is 0 Å². The summed E-state index contributed by atoms with van der Waals surface area (Å²) in [6.07, 6.45) is 9.44. The second-order valence-electron chi connectivity index (χ2n) is 12.0. The van der Waals surface area contributed by atoms with Crippen molar-refractivity contribution in [2.45, 2.75) is 144 Å². The van der Waals surface area contributed by atoms with Crippen molar-refractivity contribution in [3.05, 3.63) is 35.0 Å². The lowest BCUT2D eigenvalue weighted by atomic mass is 9.82. The molecule has 6 aliphatic rings. The predicted octanol–water partition coefficient (Wildman–Crippen LogP) is 3.37. The molecule has 0 aromatic carbocycles. The lowest BCUT2D eigenvalue weighted by Crippen LogP contribution is -2.54. The smallest absolute Gasteiger partial charge is 0.303 e. The lowest BCUT2D eigenvalue weighted by molar-refractivity contribution is -0.223. The number of carbonyl (C=O) groups excluding carboxylic acids is 1. The summed E-state index contributed by atoms with van der Waals surface area (Å²) >= 11 is 0. The van der Waals surface area contributed by atoms with Gasteiger partial charge in [-0.1, -0.05) is 6.08 Å². The Morgan fingerprint density at radius 2 is 1.64 bits per heavy atom. The van der Waals surface area contributed by atoms with Crippen molar-refractivity contribution in [2.75, 3.05) is 6.61 Å². The highest BCUT2D eigenvalue weighted by molar-refractivity contribution is 5.66. The van der Waals surface area contributed by atoms with E-state index in [1.165, 1.54) is 6.92 Å². The molecule has 0 aromatic rings. The Kier molecular flexibility index (Phi) is 8.36. The van der Waals surface area contributed by atoms with Gasteiger partial charge >= 0.3 is 5.97 Å². The first kappa shape index (κ1) is 28.5. The molecule has 0 aromatic heterocycles. The van der Waals surface area contributed by atoms with Crippen molar-refractivity contribution in [2.24, 2.45) is 0 Å². The van der Waals surface area contributed by atoms with Gasteiger partial charge in [0, 0.05) is 46.5 Å². The van der Waals surface area contributed by atoms with Crippen molar-refractivity contribution in [1.29, 1.82) is 0 Å². The van der Waals surface area contributed by atoms with E-state index < -0.39 is 6.29 Å². The Labute approximate surface area is 230 Å². The highest BCUT2D eigenvalue weighted by Gasteiger charge is 2.58.